The zero-order chi connectivity index (χ0) is 18.0. The van der Waals surface area contributed by atoms with E-state index in [9.17, 15) is 17.6 Å². The summed E-state index contributed by atoms with van der Waals surface area (Å²) in [4.78, 5) is 11.9. The van der Waals surface area contributed by atoms with Crippen LogP contribution in [0, 0.1) is 5.82 Å². The first-order chi connectivity index (χ1) is 11.1. The maximum Gasteiger partial charge on any atom is 0.252 e. The Hall–Kier alpha value is -1.34. The topological polar surface area (TPSA) is 63.2 Å². The van der Waals surface area contributed by atoms with Crippen molar-refractivity contribution >= 4 is 50.5 Å². The van der Waals surface area contributed by atoms with Gasteiger partial charge in [0.2, 0.25) is 13.6 Å². The predicted molar refractivity (Wildman–Crippen MR) is 91.6 cm³/mol. The summed E-state index contributed by atoms with van der Waals surface area (Å²) in [6.45, 7) is 0. The van der Waals surface area contributed by atoms with Crippen LogP contribution in [-0.4, -0.2) is 23.5 Å². The van der Waals surface area contributed by atoms with Gasteiger partial charge in [-0.05, 0) is 36.4 Å². The molecule has 24 heavy (non-hydrogen) atoms. The lowest BCUT2D eigenvalue weighted by molar-refractivity contribution is 0.0948. The van der Waals surface area contributed by atoms with Crippen LogP contribution in [-0.2, 0) is 9.84 Å². The monoisotopic (exact) mass is 409 g/mol. The smallest absolute Gasteiger partial charge is 0.252 e. The second-order valence-electron chi connectivity index (χ2n) is 4.76. The summed E-state index contributed by atoms with van der Waals surface area (Å²) in [5.41, 5.74) is 0.200. The Bertz CT molecular complexity index is 821. The molecule has 0 unspecified atom stereocenters. The first-order valence-electron chi connectivity index (χ1n) is 6.54. The minimum atomic E-state index is -4.27. The highest BCUT2D eigenvalue weighted by Gasteiger charge is 2.44. The van der Waals surface area contributed by atoms with Crippen molar-refractivity contribution in [3.05, 3.63) is 66.0 Å². The zero-order valence-corrected chi connectivity index (χ0v) is 15.0. The Morgan fingerprint density at radius 3 is 2.04 bits per heavy atom. The van der Waals surface area contributed by atoms with E-state index in [1.54, 1.807) is 18.2 Å². The molecule has 2 aromatic carbocycles. The number of nitrogens with one attached hydrogen (secondary N) is 1. The molecule has 0 saturated heterocycles. The number of halogens is 4. The number of alkyl halides is 3. The molecular formula is C15H11Cl3FNO3S. The third-order valence-corrected chi connectivity index (χ3v) is 6.11. The maximum absolute atomic E-state index is 13.0. The van der Waals surface area contributed by atoms with Crippen LogP contribution in [0.2, 0.25) is 0 Å². The van der Waals surface area contributed by atoms with Gasteiger partial charge in [0, 0.05) is 5.56 Å². The molecule has 1 amide bonds. The Morgan fingerprint density at radius 2 is 1.54 bits per heavy atom. The van der Waals surface area contributed by atoms with Gasteiger partial charge in [-0.2, -0.15) is 0 Å². The van der Waals surface area contributed by atoms with E-state index < -0.39 is 30.7 Å². The van der Waals surface area contributed by atoms with Crippen molar-refractivity contribution in [1.82, 2.24) is 5.32 Å². The predicted octanol–water partition coefficient (Wildman–Crippen LogP) is 3.73. The third-order valence-electron chi connectivity index (χ3n) is 3.05. The molecule has 0 bridgehead atoms. The van der Waals surface area contributed by atoms with E-state index in [0.717, 1.165) is 24.3 Å². The van der Waals surface area contributed by atoms with Gasteiger partial charge in [0.25, 0.3) is 5.91 Å². The van der Waals surface area contributed by atoms with Crippen molar-refractivity contribution in [1.29, 1.82) is 0 Å². The summed E-state index contributed by atoms with van der Waals surface area (Å²) in [5, 5.41) is 0.357. The van der Waals surface area contributed by atoms with Gasteiger partial charge < -0.3 is 5.32 Å². The zero-order valence-electron chi connectivity index (χ0n) is 11.9. The molecule has 1 atom stereocenters. The average Bonchev–Trinajstić information content (AvgIpc) is 2.52. The minimum absolute atomic E-state index is 0.200. The number of carbonyl (C=O) groups excluding carboxylic acids is 1. The van der Waals surface area contributed by atoms with Crippen LogP contribution in [0.3, 0.4) is 0 Å². The maximum atomic E-state index is 13.0. The molecule has 0 aliphatic rings. The summed E-state index contributed by atoms with van der Waals surface area (Å²) in [5.74, 6) is -1.34. The van der Waals surface area contributed by atoms with Crippen molar-refractivity contribution < 1.29 is 17.6 Å². The molecule has 0 aliphatic heterocycles. The lowest BCUT2D eigenvalue weighted by Crippen LogP contribution is -2.49. The van der Waals surface area contributed by atoms with E-state index in [-0.39, 0.29) is 10.5 Å². The normalized spacial score (nSPS) is 13.3. The van der Waals surface area contributed by atoms with Crippen LogP contribution in [0.4, 0.5) is 4.39 Å². The minimum Gasteiger partial charge on any atom is -0.332 e. The molecule has 0 aromatic heterocycles. The first-order valence-corrected chi connectivity index (χ1v) is 9.22. The standard InChI is InChI=1S/C15H11Cl3FNO3S/c16-15(17,18)14(20-13(21)10-4-2-1-3-5-10)24(22,23)12-8-6-11(19)7-9-12/h1-9,14H,(H,20,21)/t14-/m1/s1. The van der Waals surface area contributed by atoms with Crippen LogP contribution in [0.15, 0.2) is 59.5 Å². The molecule has 0 spiro atoms. The number of carbonyl (C=O) groups is 1. The third kappa shape index (κ3) is 4.39. The SMILES string of the molecule is O=C(N[C@@H](C(Cl)(Cl)Cl)S(=O)(=O)c1ccc(F)cc1)c1ccccc1. The Labute approximate surface area is 153 Å². The van der Waals surface area contributed by atoms with Crippen molar-refractivity contribution in [3.63, 3.8) is 0 Å². The van der Waals surface area contributed by atoms with E-state index in [1.807, 2.05) is 0 Å². The van der Waals surface area contributed by atoms with Crippen LogP contribution < -0.4 is 5.32 Å². The van der Waals surface area contributed by atoms with Gasteiger partial charge in [-0.3, -0.25) is 4.79 Å². The second kappa shape index (κ2) is 7.27. The summed E-state index contributed by atoms with van der Waals surface area (Å²) in [6, 6.07) is 11.8. The molecule has 0 radical (unpaired) electrons. The van der Waals surface area contributed by atoms with Crippen molar-refractivity contribution in [2.24, 2.45) is 0 Å². The number of hydrogen-bond donors (Lipinski definition) is 1. The first kappa shape index (κ1) is 19.0. The Balaban J connectivity index is 2.39. The molecular weight excluding hydrogens is 400 g/mol. The van der Waals surface area contributed by atoms with Crippen molar-refractivity contribution in [2.75, 3.05) is 0 Å². The van der Waals surface area contributed by atoms with Crippen LogP contribution >= 0.6 is 34.8 Å². The number of rotatable bonds is 4. The van der Waals surface area contributed by atoms with Crippen LogP contribution in [0.5, 0.6) is 0 Å². The number of sulfone groups is 1. The highest BCUT2D eigenvalue weighted by molar-refractivity contribution is 7.92. The van der Waals surface area contributed by atoms with E-state index in [4.69, 9.17) is 34.8 Å². The van der Waals surface area contributed by atoms with Crippen LogP contribution in [0.1, 0.15) is 10.4 Å². The lowest BCUT2D eigenvalue weighted by Gasteiger charge is -2.25. The summed E-state index contributed by atoms with van der Waals surface area (Å²) >= 11 is 17.3. The van der Waals surface area contributed by atoms with Crippen molar-refractivity contribution in [3.8, 4) is 0 Å². The number of amides is 1. The molecule has 128 valence electrons. The number of hydrogen-bond acceptors (Lipinski definition) is 3. The summed E-state index contributed by atoms with van der Waals surface area (Å²) in [7, 11) is -4.27. The van der Waals surface area contributed by atoms with Gasteiger partial charge in [-0.25, -0.2) is 12.8 Å². The van der Waals surface area contributed by atoms with Crippen LogP contribution in [0.25, 0.3) is 0 Å². The van der Waals surface area contributed by atoms with Gasteiger partial charge in [0.05, 0.1) is 4.90 Å². The lowest BCUT2D eigenvalue weighted by atomic mass is 10.2. The highest BCUT2D eigenvalue weighted by Crippen LogP contribution is 2.36. The van der Waals surface area contributed by atoms with E-state index in [1.165, 1.54) is 12.1 Å². The van der Waals surface area contributed by atoms with Gasteiger partial charge in [0.15, 0.2) is 5.37 Å². The molecule has 0 heterocycles. The fourth-order valence-corrected chi connectivity index (χ4v) is 4.51. The molecule has 0 aliphatic carbocycles. The Morgan fingerprint density at radius 1 is 1.00 bits per heavy atom. The average molecular weight is 411 g/mol. The fraction of sp³-hybridized carbons (Fsp3) is 0.133. The molecule has 1 N–H and O–H groups in total. The quantitative estimate of drug-likeness (QED) is 0.617. The van der Waals surface area contributed by atoms with E-state index >= 15 is 0 Å². The Kier molecular flexibility index (Phi) is 5.75. The summed E-state index contributed by atoms with van der Waals surface area (Å²) in [6.07, 6.45) is 0. The fourth-order valence-electron chi connectivity index (χ4n) is 1.89. The second-order valence-corrected chi connectivity index (χ2v) is 9.16. The van der Waals surface area contributed by atoms with Gasteiger partial charge in [0.1, 0.15) is 5.82 Å². The van der Waals surface area contributed by atoms with Gasteiger partial charge in [-0.15, -0.1) is 0 Å². The highest BCUT2D eigenvalue weighted by atomic mass is 35.6. The van der Waals surface area contributed by atoms with Gasteiger partial charge in [-0.1, -0.05) is 53.0 Å². The molecule has 0 saturated carbocycles. The van der Waals surface area contributed by atoms with E-state index in [2.05, 4.69) is 5.32 Å². The van der Waals surface area contributed by atoms with Gasteiger partial charge >= 0.3 is 0 Å². The molecule has 0 fully saturated rings. The summed E-state index contributed by atoms with van der Waals surface area (Å²) < 4.78 is 36.0. The molecule has 9 heteroatoms. The van der Waals surface area contributed by atoms with E-state index in [0.29, 0.717) is 0 Å². The number of benzene rings is 2. The largest absolute Gasteiger partial charge is 0.332 e. The molecule has 2 aromatic rings. The van der Waals surface area contributed by atoms with Crippen molar-refractivity contribution in [2.45, 2.75) is 14.1 Å². The molecule has 4 nitrogen and oxygen atoms in total. The molecule has 2 rings (SSSR count).